The average molecular weight is 417 g/mol. The van der Waals surface area contributed by atoms with Crippen molar-refractivity contribution in [2.24, 2.45) is 5.73 Å². The first-order valence-corrected chi connectivity index (χ1v) is 9.00. The summed E-state index contributed by atoms with van der Waals surface area (Å²) in [5.74, 6) is -0.828. The van der Waals surface area contributed by atoms with E-state index in [0.717, 1.165) is 6.07 Å². The molecule has 0 aliphatic carbocycles. The minimum Gasteiger partial charge on any atom is -0.366 e. The first-order chi connectivity index (χ1) is 11.6. The summed E-state index contributed by atoms with van der Waals surface area (Å²) in [6.07, 6.45) is -4.57. The molecule has 1 aliphatic rings. The number of sulfonamides is 1. The van der Waals surface area contributed by atoms with Gasteiger partial charge in [-0.05, 0) is 18.2 Å². The van der Waals surface area contributed by atoms with Crippen LogP contribution in [0.25, 0.3) is 0 Å². The van der Waals surface area contributed by atoms with Crippen LogP contribution < -0.4 is 15.8 Å². The van der Waals surface area contributed by atoms with Gasteiger partial charge in [-0.2, -0.15) is 13.2 Å². The van der Waals surface area contributed by atoms with Crippen molar-refractivity contribution in [1.82, 2.24) is 14.9 Å². The van der Waals surface area contributed by atoms with Crippen molar-refractivity contribution < 1.29 is 26.4 Å². The summed E-state index contributed by atoms with van der Waals surface area (Å²) in [6, 6.07) is 2.90. The Bertz CT molecular complexity index is 724. The van der Waals surface area contributed by atoms with Gasteiger partial charge in [0, 0.05) is 38.3 Å². The second-order valence-corrected chi connectivity index (χ2v) is 7.35. The zero-order valence-corrected chi connectivity index (χ0v) is 15.3. The van der Waals surface area contributed by atoms with Crippen molar-refractivity contribution >= 4 is 28.3 Å². The van der Waals surface area contributed by atoms with Crippen molar-refractivity contribution in [1.29, 1.82) is 0 Å². The lowest BCUT2D eigenvalue weighted by Gasteiger charge is -2.35. The molecule has 1 saturated heterocycles. The number of carbonyl (C=O) groups is 1. The molecule has 148 valence electrons. The highest BCUT2D eigenvalue weighted by Crippen LogP contribution is 2.25. The van der Waals surface area contributed by atoms with Gasteiger partial charge in [-0.1, -0.05) is 6.07 Å². The molecule has 26 heavy (non-hydrogen) atoms. The summed E-state index contributed by atoms with van der Waals surface area (Å²) in [6.45, 7) is 0.332. The van der Waals surface area contributed by atoms with Crippen LogP contribution in [0.4, 0.5) is 13.2 Å². The molecule has 4 N–H and O–H groups in total. The van der Waals surface area contributed by atoms with Gasteiger partial charge in [0.05, 0.1) is 4.90 Å². The fourth-order valence-electron chi connectivity index (χ4n) is 2.53. The summed E-state index contributed by atoms with van der Waals surface area (Å²) < 4.78 is 66.4. The van der Waals surface area contributed by atoms with Gasteiger partial charge in [0.25, 0.3) is 0 Å². The summed E-state index contributed by atoms with van der Waals surface area (Å²) in [5, 5.41) is 2.94. The van der Waals surface area contributed by atoms with Gasteiger partial charge in [-0.3, -0.25) is 9.69 Å². The Kier molecular flexibility index (Phi) is 7.84. The van der Waals surface area contributed by atoms with E-state index in [0.29, 0.717) is 13.1 Å². The van der Waals surface area contributed by atoms with Gasteiger partial charge in [0.2, 0.25) is 15.9 Å². The van der Waals surface area contributed by atoms with Gasteiger partial charge in [0.15, 0.2) is 0 Å². The minimum atomic E-state index is -4.57. The SMILES string of the molecule is Cl.NC(=O)c1cccc(S(=O)(=O)NCC(N2CCNCC2)C(F)(F)F)c1. The number of rotatable bonds is 6. The fraction of sp³-hybridized carbons (Fsp3) is 0.500. The van der Waals surface area contributed by atoms with Gasteiger partial charge in [-0.25, -0.2) is 13.1 Å². The predicted octanol–water partition coefficient (Wildman–Crippen LogP) is 0.322. The Morgan fingerprint density at radius 2 is 1.92 bits per heavy atom. The number of primary amides is 1. The maximum absolute atomic E-state index is 13.3. The summed E-state index contributed by atoms with van der Waals surface area (Å²) in [7, 11) is -4.21. The number of carbonyl (C=O) groups excluding carboxylic acids is 1. The highest BCUT2D eigenvalue weighted by molar-refractivity contribution is 7.89. The van der Waals surface area contributed by atoms with Gasteiger partial charge in [-0.15, -0.1) is 12.4 Å². The number of nitrogens with zero attached hydrogens (tertiary/aromatic N) is 1. The zero-order chi connectivity index (χ0) is 18.7. The van der Waals surface area contributed by atoms with Crippen LogP contribution in [-0.2, 0) is 10.0 Å². The van der Waals surface area contributed by atoms with E-state index in [2.05, 4.69) is 5.32 Å². The Hall–Kier alpha value is -1.40. The molecule has 1 aromatic rings. The first-order valence-electron chi connectivity index (χ1n) is 7.52. The smallest absolute Gasteiger partial charge is 0.366 e. The highest BCUT2D eigenvalue weighted by Gasteiger charge is 2.44. The maximum atomic E-state index is 13.3. The number of hydrogen-bond acceptors (Lipinski definition) is 5. The average Bonchev–Trinajstić information content (AvgIpc) is 2.54. The highest BCUT2D eigenvalue weighted by atomic mass is 35.5. The molecule has 0 spiro atoms. The number of nitrogens with two attached hydrogens (primary N) is 1. The third kappa shape index (κ3) is 5.81. The molecule has 0 bridgehead atoms. The van der Waals surface area contributed by atoms with Crippen LogP contribution >= 0.6 is 12.4 Å². The molecule has 7 nitrogen and oxygen atoms in total. The molecular formula is C14H20ClF3N4O3S. The number of amides is 1. The molecule has 1 amide bonds. The number of hydrogen-bond donors (Lipinski definition) is 3. The summed E-state index contributed by atoms with van der Waals surface area (Å²) >= 11 is 0. The Morgan fingerprint density at radius 1 is 1.31 bits per heavy atom. The minimum absolute atomic E-state index is 0. The van der Waals surface area contributed by atoms with Crippen LogP contribution in [0, 0.1) is 0 Å². The maximum Gasteiger partial charge on any atom is 0.405 e. The molecule has 0 saturated carbocycles. The molecule has 1 aromatic carbocycles. The van der Waals surface area contributed by atoms with E-state index < -0.39 is 34.7 Å². The Balaban J connectivity index is 0.00000338. The van der Waals surface area contributed by atoms with E-state index in [9.17, 15) is 26.4 Å². The largest absolute Gasteiger partial charge is 0.405 e. The lowest BCUT2D eigenvalue weighted by molar-refractivity contribution is -0.182. The number of alkyl halides is 3. The van der Waals surface area contributed by atoms with Gasteiger partial charge >= 0.3 is 6.18 Å². The second-order valence-electron chi connectivity index (χ2n) is 5.59. The quantitative estimate of drug-likeness (QED) is 0.619. The number of halogens is 4. The molecule has 1 heterocycles. The molecule has 0 aromatic heterocycles. The molecule has 1 unspecified atom stereocenters. The third-order valence-electron chi connectivity index (χ3n) is 3.87. The van der Waals surface area contributed by atoms with Crippen molar-refractivity contribution in [2.45, 2.75) is 17.1 Å². The van der Waals surface area contributed by atoms with Crippen molar-refractivity contribution in [3.63, 3.8) is 0 Å². The predicted molar refractivity (Wildman–Crippen MR) is 91.7 cm³/mol. The van der Waals surface area contributed by atoms with E-state index >= 15 is 0 Å². The van der Waals surface area contributed by atoms with Crippen LogP contribution in [0.15, 0.2) is 29.2 Å². The standard InChI is InChI=1S/C14H19F3N4O3S.ClH/c15-14(16,17)12(21-6-4-19-5-7-21)9-20-25(23,24)11-3-1-2-10(8-11)13(18)22;/h1-3,8,12,19-20H,4-7,9H2,(H2,18,22);1H. The molecule has 12 heteroatoms. The molecule has 1 fully saturated rings. The second kappa shape index (κ2) is 9.00. The lowest BCUT2D eigenvalue weighted by Crippen LogP contribution is -2.57. The van der Waals surface area contributed by atoms with Crippen LogP contribution in [0.1, 0.15) is 10.4 Å². The monoisotopic (exact) mass is 416 g/mol. The van der Waals surface area contributed by atoms with E-state index in [1.165, 1.54) is 23.1 Å². The summed E-state index contributed by atoms with van der Waals surface area (Å²) in [5.41, 5.74) is 5.04. The third-order valence-corrected chi connectivity index (χ3v) is 5.29. The van der Waals surface area contributed by atoms with E-state index in [1.54, 1.807) is 0 Å². The van der Waals surface area contributed by atoms with Crippen molar-refractivity contribution in [2.75, 3.05) is 32.7 Å². The van der Waals surface area contributed by atoms with Crippen LogP contribution in [0.3, 0.4) is 0 Å². The zero-order valence-electron chi connectivity index (χ0n) is 13.6. The molecule has 1 aliphatic heterocycles. The van der Waals surface area contributed by atoms with Crippen molar-refractivity contribution in [3.8, 4) is 0 Å². The number of benzene rings is 1. The number of piperazine rings is 1. The van der Waals surface area contributed by atoms with Crippen LogP contribution in [-0.4, -0.2) is 64.2 Å². The van der Waals surface area contributed by atoms with Crippen LogP contribution in [0.5, 0.6) is 0 Å². The Labute approximate surface area is 155 Å². The topological polar surface area (TPSA) is 105 Å². The summed E-state index contributed by atoms with van der Waals surface area (Å²) in [4.78, 5) is 12.0. The molecule has 0 radical (unpaired) electrons. The van der Waals surface area contributed by atoms with Crippen molar-refractivity contribution in [3.05, 3.63) is 29.8 Å². The first kappa shape index (κ1) is 22.6. The molecule has 1 atom stereocenters. The Morgan fingerprint density at radius 3 is 2.46 bits per heavy atom. The van der Waals surface area contributed by atoms with E-state index in [-0.39, 0.29) is 36.0 Å². The lowest BCUT2D eigenvalue weighted by atomic mass is 10.2. The normalized spacial score (nSPS) is 17.3. The van der Waals surface area contributed by atoms with Gasteiger partial charge in [0.1, 0.15) is 6.04 Å². The number of nitrogens with one attached hydrogen (secondary N) is 2. The molecular weight excluding hydrogens is 397 g/mol. The fourth-order valence-corrected chi connectivity index (χ4v) is 3.62. The van der Waals surface area contributed by atoms with Crippen LogP contribution in [0.2, 0.25) is 0 Å². The molecule has 2 rings (SSSR count). The van der Waals surface area contributed by atoms with E-state index in [4.69, 9.17) is 5.73 Å². The van der Waals surface area contributed by atoms with Gasteiger partial charge < -0.3 is 11.1 Å². The van der Waals surface area contributed by atoms with E-state index in [1.807, 2.05) is 4.72 Å².